The van der Waals surface area contributed by atoms with Crippen LogP contribution in [-0.2, 0) is 0 Å². The molecule has 1 aromatic carbocycles. The number of benzene rings is 1. The van der Waals surface area contributed by atoms with Crippen molar-refractivity contribution in [3.63, 3.8) is 0 Å². The molecule has 0 aromatic heterocycles. The molecule has 0 spiro atoms. The van der Waals surface area contributed by atoms with Gasteiger partial charge >= 0.3 is 0 Å². The Morgan fingerprint density at radius 3 is 2.81 bits per heavy atom. The molecular formula is C13H19NO2. The molecule has 3 N–H and O–H groups in total. The van der Waals surface area contributed by atoms with Gasteiger partial charge in [0.25, 0.3) is 0 Å². The maximum atomic E-state index is 9.63. The summed E-state index contributed by atoms with van der Waals surface area (Å²) in [6.07, 6.45) is 4.57. The monoisotopic (exact) mass is 221 g/mol. The van der Waals surface area contributed by atoms with Gasteiger partial charge in [-0.1, -0.05) is 12.1 Å². The highest BCUT2D eigenvalue weighted by Gasteiger charge is 2.16. The normalized spacial score (nSPS) is 18.6. The second-order valence-corrected chi connectivity index (χ2v) is 4.35. The molecule has 1 aromatic rings. The highest BCUT2D eigenvalue weighted by atomic mass is 16.5. The van der Waals surface area contributed by atoms with Crippen LogP contribution >= 0.6 is 0 Å². The summed E-state index contributed by atoms with van der Waals surface area (Å²) < 4.78 is 5.86. The van der Waals surface area contributed by atoms with Crippen LogP contribution in [0.3, 0.4) is 0 Å². The van der Waals surface area contributed by atoms with E-state index in [0.717, 1.165) is 24.2 Å². The fourth-order valence-electron chi connectivity index (χ4n) is 2.13. The van der Waals surface area contributed by atoms with Gasteiger partial charge < -0.3 is 15.6 Å². The summed E-state index contributed by atoms with van der Waals surface area (Å²) >= 11 is 0. The van der Waals surface area contributed by atoms with E-state index in [1.807, 2.05) is 24.3 Å². The highest BCUT2D eigenvalue weighted by Crippen LogP contribution is 2.25. The number of rotatable bonds is 4. The van der Waals surface area contributed by atoms with Crippen molar-refractivity contribution in [2.45, 2.75) is 37.9 Å². The summed E-state index contributed by atoms with van der Waals surface area (Å²) in [4.78, 5) is 0. The lowest BCUT2D eigenvalue weighted by Gasteiger charge is -2.15. The van der Waals surface area contributed by atoms with E-state index < -0.39 is 6.10 Å². The SMILES string of the molecule is NCC(O)c1cccc(OC2CCCC2)c1. The minimum absolute atomic E-state index is 0.243. The molecule has 1 aliphatic carbocycles. The number of aliphatic hydroxyl groups excluding tert-OH is 1. The molecule has 2 rings (SSSR count). The van der Waals surface area contributed by atoms with Gasteiger partial charge in [0.2, 0.25) is 0 Å². The van der Waals surface area contributed by atoms with Crippen molar-refractivity contribution in [1.29, 1.82) is 0 Å². The summed E-state index contributed by atoms with van der Waals surface area (Å²) in [7, 11) is 0. The molecule has 0 saturated heterocycles. The Hall–Kier alpha value is -1.06. The summed E-state index contributed by atoms with van der Waals surface area (Å²) in [6.45, 7) is 0.243. The van der Waals surface area contributed by atoms with Crippen molar-refractivity contribution in [3.05, 3.63) is 29.8 Å². The third kappa shape index (κ3) is 2.74. The Morgan fingerprint density at radius 1 is 1.38 bits per heavy atom. The highest BCUT2D eigenvalue weighted by molar-refractivity contribution is 5.30. The second kappa shape index (κ2) is 5.32. The molecule has 0 amide bonds. The van der Waals surface area contributed by atoms with Crippen LogP contribution in [0.4, 0.5) is 0 Å². The molecule has 1 fully saturated rings. The van der Waals surface area contributed by atoms with E-state index in [2.05, 4.69) is 0 Å². The minimum Gasteiger partial charge on any atom is -0.490 e. The third-order valence-electron chi connectivity index (χ3n) is 3.07. The van der Waals surface area contributed by atoms with Crippen LogP contribution in [0.2, 0.25) is 0 Å². The largest absolute Gasteiger partial charge is 0.490 e. The van der Waals surface area contributed by atoms with Crippen LogP contribution in [0.25, 0.3) is 0 Å². The molecule has 0 radical (unpaired) electrons. The van der Waals surface area contributed by atoms with Gasteiger partial charge in [0.05, 0.1) is 12.2 Å². The predicted octanol–water partition coefficient (Wildman–Crippen LogP) is 2.00. The average molecular weight is 221 g/mol. The van der Waals surface area contributed by atoms with E-state index in [9.17, 15) is 5.11 Å². The van der Waals surface area contributed by atoms with Gasteiger partial charge in [-0.2, -0.15) is 0 Å². The summed E-state index contributed by atoms with van der Waals surface area (Å²) in [6, 6.07) is 7.60. The van der Waals surface area contributed by atoms with Gasteiger partial charge in [-0.15, -0.1) is 0 Å². The molecule has 1 aliphatic rings. The zero-order valence-corrected chi connectivity index (χ0v) is 9.43. The number of hydrogen-bond donors (Lipinski definition) is 2. The van der Waals surface area contributed by atoms with Gasteiger partial charge in [0, 0.05) is 6.54 Å². The van der Waals surface area contributed by atoms with Crippen molar-refractivity contribution in [3.8, 4) is 5.75 Å². The first-order valence-electron chi connectivity index (χ1n) is 5.94. The Morgan fingerprint density at radius 2 is 2.12 bits per heavy atom. The molecule has 0 heterocycles. The number of aliphatic hydroxyl groups is 1. The smallest absolute Gasteiger partial charge is 0.120 e. The van der Waals surface area contributed by atoms with Crippen LogP contribution in [0.1, 0.15) is 37.4 Å². The van der Waals surface area contributed by atoms with E-state index in [4.69, 9.17) is 10.5 Å². The van der Waals surface area contributed by atoms with Crippen LogP contribution in [0.15, 0.2) is 24.3 Å². The first-order valence-corrected chi connectivity index (χ1v) is 5.94. The second-order valence-electron chi connectivity index (χ2n) is 4.35. The standard InChI is InChI=1S/C13H19NO2/c14-9-13(15)10-4-3-7-12(8-10)16-11-5-1-2-6-11/h3-4,7-8,11,13,15H,1-2,5-6,9,14H2. The van der Waals surface area contributed by atoms with Gasteiger partial charge in [-0.25, -0.2) is 0 Å². The summed E-state index contributed by atoms with van der Waals surface area (Å²) in [5.74, 6) is 0.844. The van der Waals surface area contributed by atoms with Gasteiger partial charge in [0.1, 0.15) is 5.75 Å². The van der Waals surface area contributed by atoms with Crippen molar-refractivity contribution in [1.82, 2.24) is 0 Å². The average Bonchev–Trinajstić information content (AvgIpc) is 2.81. The lowest BCUT2D eigenvalue weighted by molar-refractivity contribution is 0.183. The summed E-state index contributed by atoms with van der Waals surface area (Å²) in [5, 5.41) is 9.63. The quantitative estimate of drug-likeness (QED) is 0.817. The molecule has 1 saturated carbocycles. The topological polar surface area (TPSA) is 55.5 Å². The zero-order chi connectivity index (χ0) is 11.4. The van der Waals surface area contributed by atoms with Crippen LogP contribution in [-0.4, -0.2) is 17.8 Å². The van der Waals surface area contributed by atoms with Gasteiger partial charge in [0.15, 0.2) is 0 Å². The first-order chi connectivity index (χ1) is 7.79. The Balaban J connectivity index is 2.03. The predicted molar refractivity (Wildman–Crippen MR) is 63.3 cm³/mol. The lowest BCUT2D eigenvalue weighted by atomic mass is 10.1. The number of nitrogens with two attached hydrogens (primary N) is 1. The maximum Gasteiger partial charge on any atom is 0.120 e. The van der Waals surface area contributed by atoms with Crippen molar-refractivity contribution in [2.75, 3.05) is 6.54 Å². The summed E-state index contributed by atoms with van der Waals surface area (Å²) in [5.41, 5.74) is 6.26. The van der Waals surface area contributed by atoms with Crippen LogP contribution in [0, 0.1) is 0 Å². The van der Waals surface area contributed by atoms with E-state index in [1.165, 1.54) is 12.8 Å². The van der Waals surface area contributed by atoms with E-state index in [0.29, 0.717) is 6.10 Å². The van der Waals surface area contributed by atoms with Crippen LogP contribution < -0.4 is 10.5 Å². The molecule has 16 heavy (non-hydrogen) atoms. The van der Waals surface area contributed by atoms with Crippen molar-refractivity contribution in [2.24, 2.45) is 5.73 Å². The third-order valence-corrected chi connectivity index (χ3v) is 3.07. The molecule has 3 nitrogen and oxygen atoms in total. The Labute approximate surface area is 96.2 Å². The lowest BCUT2D eigenvalue weighted by Crippen LogP contribution is -2.13. The number of ether oxygens (including phenoxy) is 1. The molecular weight excluding hydrogens is 202 g/mol. The van der Waals surface area contributed by atoms with Crippen LogP contribution in [0.5, 0.6) is 5.75 Å². The first kappa shape index (κ1) is 11.4. The van der Waals surface area contributed by atoms with E-state index >= 15 is 0 Å². The molecule has 0 bridgehead atoms. The van der Waals surface area contributed by atoms with Crippen molar-refractivity contribution >= 4 is 0 Å². The Bertz CT molecular complexity index is 334. The van der Waals surface area contributed by atoms with Gasteiger partial charge in [-0.05, 0) is 43.4 Å². The fourth-order valence-corrected chi connectivity index (χ4v) is 2.13. The zero-order valence-electron chi connectivity index (χ0n) is 9.43. The number of hydrogen-bond acceptors (Lipinski definition) is 3. The molecule has 3 heteroatoms. The molecule has 88 valence electrons. The molecule has 0 aliphatic heterocycles. The molecule has 1 atom stereocenters. The Kier molecular flexibility index (Phi) is 3.80. The van der Waals surface area contributed by atoms with E-state index in [1.54, 1.807) is 0 Å². The minimum atomic E-state index is -0.591. The van der Waals surface area contributed by atoms with E-state index in [-0.39, 0.29) is 6.54 Å². The van der Waals surface area contributed by atoms with Crippen molar-refractivity contribution < 1.29 is 9.84 Å². The molecule has 1 unspecified atom stereocenters. The fraction of sp³-hybridized carbons (Fsp3) is 0.538. The maximum absolute atomic E-state index is 9.63. The van der Waals surface area contributed by atoms with Gasteiger partial charge in [-0.3, -0.25) is 0 Å².